The summed E-state index contributed by atoms with van der Waals surface area (Å²) in [6.45, 7) is 9.54. The Morgan fingerprint density at radius 2 is 0.780 bits per heavy atom. The largest absolute Gasteiger partial charge is 0.310 e. The SMILES string of the molecule is CC1(C)c2ccccc2-c2ccc(N(c3ccc(-c4ccccc4)cc3)c3ccc4c(c3)-c3cc(-c5ccc(-c6ccccc6)cc5)c5ccccc5c3C4(C)C)cc21. The van der Waals surface area contributed by atoms with Gasteiger partial charge in [-0.2, -0.15) is 0 Å². The Balaban J connectivity index is 1.09. The third-order valence-corrected chi connectivity index (χ3v) is 13.3. The molecule has 282 valence electrons. The van der Waals surface area contributed by atoms with Crippen molar-refractivity contribution in [1.82, 2.24) is 0 Å². The van der Waals surface area contributed by atoms with Gasteiger partial charge in [0.25, 0.3) is 0 Å². The second kappa shape index (κ2) is 13.3. The summed E-state index contributed by atoms with van der Waals surface area (Å²) < 4.78 is 0. The van der Waals surface area contributed by atoms with Crippen molar-refractivity contribution < 1.29 is 0 Å². The highest BCUT2D eigenvalue weighted by atomic mass is 15.1. The molecule has 0 spiro atoms. The lowest BCUT2D eigenvalue weighted by atomic mass is 9.79. The molecule has 0 atom stereocenters. The Hall–Kier alpha value is -6.96. The standard InChI is InChI=1S/C58H45N/c1-57(2)53-22-14-13-20-47(53)48-33-31-45(36-55(48)57)59(43-29-27-41(28-30-43)39-17-9-6-10-18-39)44-32-34-54-51(35-44)52-37-50(46-19-11-12-21-49(46)56(52)58(54,3)4)42-25-23-40(24-26-42)38-15-7-5-8-16-38/h5-37H,1-4H3. The lowest BCUT2D eigenvalue weighted by molar-refractivity contribution is 0.660. The Bertz CT molecular complexity index is 3060. The highest BCUT2D eigenvalue weighted by molar-refractivity contribution is 6.06. The summed E-state index contributed by atoms with van der Waals surface area (Å²) in [5.41, 5.74) is 21.3. The van der Waals surface area contributed by atoms with Crippen LogP contribution in [0.3, 0.4) is 0 Å². The molecule has 2 aliphatic rings. The Morgan fingerprint density at radius 3 is 1.47 bits per heavy atom. The van der Waals surface area contributed by atoms with Crippen LogP contribution in [-0.2, 0) is 10.8 Å². The first-order valence-corrected chi connectivity index (χ1v) is 20.8. The smallest absolute Gasteiger partial charge is 0.0468 e. The van der Waals surface area contributed by atoms with Crippen LogP contribution in [0.1, 0.15) is 49.9 Å². The summed E-state index contributed by atoms with van der Waals surface area (Å²) >= 11 is 0. The van der Waals surface area contributed by atoms with Gasteiger partial charge in [-0.3, -0.25) is 0 Å². The maximum Gasteiger partial charge on any atom is 0.0468 e. The van der Waals surface area contributed by atoms with Crippen molar-refractivity contribution in [2.24, 2.45) is 0 Å². The van der Waals surface area contributed by atoms with Crippen molar-refractivity contribution in [3.8, 4) is 55.6 Å². The van der Waals surface area contributed by atoms with Crippen LogP contribution in [0.4, 0.5) is 17.1 Å². The van der Waals surface area contributed by atoms with Crippen LogP contribution in [0, 0.1) is 0 Å². The van der Waals surface area contributed by atoms with Crippen molar-refractivity contribution in [2.75, 3.05) is 4.90 Å². The molecule has 0 saturated heterocycles. The molecule has 9 aromatic rings. The lowest BCUT2D eigenvalue weighted by Crippen LogP contribution is -2.17. The van der Waals surface area contributed by atoms with Crippen molar-refractivity contribution in [1.29, 1.82) is 0 Å². The summed E-state index contributed by atoms with van der Waals surface area (Å²) in [6, 6.07) is 74.2. The molecule has 0 fully saturated rings. The molecule has 9 aromatic carbocycles. The maximum absolute atomic E-state index is 2.47. The number of hydrogen-bond donors (Lipinski definition) is 0. The lowest BCUT2D eigenvalue weighted by Gasteiger charge is -2.29. The molecule has 0 unspecified atom stereocenters. The fourth-order valence-corrected chi connectivity index (χ4v) is 10.3. The summed E-state index contributed by atoms with van der Waals surface area (Å²) in [4.78, 5) is 2.46. The zero-order valence-corrected chi connectivity index (χ0v) is 34.0. The van der Waals surface area contributed by atoms with Crippen LogP contribution in [0.2, 0.25) is 0 Å². The van der Waals surface area contributed by atoms with E-state index in [1.54, 1.807) is 0 Å². The van der Waals surface area contributed by atoms with E-state index in [0.717, 1.165) is 17.1 Å². The molecule has 2 aliphatic carbocycles. The summed E-state index contributed by atoms with van der Waals surface area (Å²) in [7, 11) is 0. The predicted octanol–water partition coefficient (Wildman–Crippen LogP) is 15.9. The van der Waals surface area contributed by atoms with Gasteiger partial charge in [0, 0.05) is 27.9 Å². The summed E-state index contributed by atoms with van der Waals surface area (Å²) in [5, 5.41) is 2.62. The number of anilines is 3. The first kappa shape index (κ1) is 35.2. The molecule has 0 aromatic heterocycles. The minimum absolute atomic E-state index is 0.109. The monoisotopic (exact) mass is 755 g/mol. The molecule has 0 bridgehead atoms. The number of rotatable bonds is 6. The maximum atomic E-state index is 2.47. The minimum atomic E-state index is -0.177. The number of hydrogen-bond acceptors (Lipinski definition) is 1. The topological polar surface area (TPSA) is 3.24 Å². The average Bonchev–Trinajstić information content (AvgIpc) is 3.66. The Kier molecular flexibility index (Phi) is 7.94. The molecular weight excluding hydrogens is 711 g/mol. The van der Waals surface area contributed by atoms with Crippen LogP contribution in [-0.4, -0.2) is 0 Å². The van der Waals surface area contributed by atoms with E-state index in [9.17, 15) is 0 Å². The van der Waals surface area contributed by atoms with E-state index in [1.807, 2.05) is 0 Å². The van der Waals surface area contributed by atoms with Gasteiger partial charge in [0.15, 0.2) is 0 Å². The molecule has 0 saturated carbocycles. The van der Waals surface area contributed by atoms with Gasteiger partial charge >= 0.3 is 0 Å². The van der Waals surface area contributed by atoms with Crippen molar-refractivity contribution in [2.45, 2.75) is 38.5 Å². The molecule has 0 N–H and O–H groups in total. The van der Waals surface area contributed by atoms with Crippen molar-refractivity contribution in [3.05, 3.63) is 222 Å². The molecule has 59 heavy (non-hydrogen) atoms. The first-order chi connectivity index (χ1) is 28.8. The molecular formula is C58H45N. The van der Waals surface area contributed by atoms with Gasteiger partial charge in [0.2, 0.25) is 0 Å². The van der Waals surface area contributed by atoms with Gasteiger partial charge in [0.1, 0.15) is 0 Å². The van der Waals surface area contributed by atoms with Gasteiger partial charge in [0.05, 0.1) is 0 Å². The third-order valence-electron chi connectivity index (χ3n) is 13.3. The van der Waals surface area contributed by atoms with E-state index in [2.05, 4.69) is 233 Å². The zero-order valence-electron chi connectivity index (χ0n) is 34.0. The van der Waals surface area contributed by atoms with Crippen LogP contribution >= 0.6 is 0 Å². The van der Waals surface area contributed by atoms with E-state index < -0.39 is 0 Å². The minimum Gasteiger partial charge on any atom is -0.310 e. The van der Waals surface area contributed by atoms with Gasteiger partial charge in [-0.05, 0) is 131 Å². The van der Waals surface area contributed by atoms with Gasteiger partial charge in [-0.15, -0.1) is 0 Å². The van der Waals surface area contributed by atoms with E-state index in [1.165, 1.54) is 88.7 Å². The third kappa shape index (κ3) is 5.53. The van der Waals surface area contributed by atoms with Crippen molar-refractivity contribution >= 4 is 27.8 Å². The number of benzene rings is 9. The second-order valence-electron chi connectivity index (χ2n) is 17.3. The van der Waals surface area contributed by atoms with Crippen LogP contribution in [0.15, 0.2) is 200 Å². The van der Waals surface area contributed by atoms with E-state index >= 15 is 0 Å². The molecule has 1 nitrogen and oxygen atoms in total. The van der Waals surface area contributed by atoms with Gasteiger partial charge < -0.3 is 4.90 Å². The van der Waals surface area contributed by atoms with E-state index in [-0.39, 0.29) is 10.8 Å². The molecule has 0 aliphatic heterocycles. The van der Waals surface area contributed by atoms with Gasteiger partial charge in [-0.1, -0.05) is 185 Å². The Morgan fingerprint density at radius 1 is 0.288 bits per heavy atom. The summed E-state index contributed by atoms with van der Waals surface area (Å²) in [5.74, 6) is 0. The molecule has 1 heteroatoms. The van der Waals surface area contributed by atoms with Crippen molar-refractivity contribution in [3.63, 3.8) is 0 Å². The molecule has 0 heterocycles. The summed E-state index contributed by atoms with van der Waals surface area (Å²) in [6.07, 6.45) is 0. The fraction of sp³-hybridized carbons (Fsp3) is 0.103. The molecule has 11 rings (SSSR count). The van der Waals surface area contributed by atoms with E-state index in [4.69, 9.17) is 0 Å². The zero-order chi connectivity index (χ0) is 39.9. The normalized spacial score (nSPS) is 14.0. The molecule has 0 amide bonds. The number of fused-ring (bicyclic) bond motifs is 8. The average molecular weight is 756 g/mol. The Labute approximate surface area is 347 Å². The first-order valence-electron chi connectivity index (χ1n) is 20.8. The quantitative estimate of drug-likeness (QED) is 0.163. The highest BCUT2D eigenvalue weighted by Gasteiger charge is 2.39. The second-order valence-corrected chi connectivity index (χ2v) is 17.3. The predicted molar refractivity (Wildman–Crippen MR) is 250 cm³/mol. The van der Waals surface area contributed by atoms with Gasteiger partial charge in [-0.25, -0.2) is 0 Å². The fourth-order valence-electron chi connectivity index (χ4n) is 10.3. The number of nitrogens with zero attached hydrogens (tertiary/aromatic N) is 1. The highest BCUT2D eigenvalue weighted by Crippen LogP contribution is 2.55. The van der Waals surface area contributed by atoms with Crippen LogP contribution in [0.25, 0.3) is 66.4 Å². The van der Waals surface area contributed by atoms with Crippen LogP contribution < -0.4 is 4.90 Å². The van der Waals surface area contributed by atoms with Crippen LogP contribution in [0.5, 0.6) is 0 Å². The van der Waals surface area contributed by atoms with E-state index in [0.29, 0.717) is 0 Å². The molecule has 0 radical (unpaired) electrons.